The number of fused-ring (bicyclic) bond motifs is 3. The fourth-order valence-corrected chi connectivity index (χ4v) is 5.86. The summed E-state index contributed by atoms with van der Waals surface area (Å²) in [5, 5.41) is 10.7. The van der Waals surface area contributed by atoms with Gasteiger partial charge in [-0.05, 0) is 43.9 Å². The number of benzene rings is 1. The van der Waals surface area contributed by atoms with Crippen LogP contribution in [0.3, 0.4) is 0 Å². The molecule has 0 N–H and O–H groups in total. The fourth-order valence-electron chi connectivity index (χ4n) is 3.56. The van der Waals surface area contributed by atoms with E-state index in [-0.39, 0.29) is 11.2 Å². The molecular formula is C21H20N4OS2. The van der Waals surface area contributed by atoms with Gasteiger partial charge in [0.1, 0.15) is 16.2 Å². The molecule has 1 aliphatic carbocycles. The van der Waals surface area contributed by atoms with E-state index in [0.29, 0.717) is 13.0 Å². The van der Waals surface area contributed by atoms with Crippen LogP contribution in [0.25, 0.3) is 10.2 Å². The molecule has 2 aromatic heterocycles. The summed E-state index contributed by atoms with van der Waals surface area (Å²) in [6.07, 6.45) is 5.26. The van der Waals surface area contributed by atoms with Crippen LogP contribution in [-0.4, -0.2) is 27.7 Å². The monoisotopic (exact) mass is 408 g/mol. The Labute approximate surface area is 172 Å². The molecule has 1 atom stereocenters. The molecule has 4 rings (SSSR count). The first kappa shape index (κ1) is 18.9. The van der Waals surface area contributed by atoms with Crippen molar-refractivity contribution >= 4 is 44.9 Å². The zero-order valence-electron chi connectivity index (χ0n) is 15.6. The van der Waals surface area contributed by atoms with Crippen molar-refractivity contribution in [3.8, 4) is 6.07 Å². The normalized spacial score (nSPS) is 13.9. The highest BCUT2D eigenvalue weighted by Gasteiger charge is 2.26. The number of carbonyl (C=O) groups excluding carboxylic acids is 1. The number of hydrogen-bond acceptors (Lipinski definition) is 6. The quantitative estimate of drug-likeness (QED) is 0.440. The second-order valence-electron chi connectivity index (χ2n) is 6.71. The van der Waals surface area contributed by atoms with Crippen molar-refractivity contribution in [1.29, 1.82) is 5.26 Å². The van der Waals surface area contributed by atoms with Gasteiger partial charge in [-0.2, -0.15) is 5.26 Å². The molecule has 0 spiro atoms. The number of nitrogens with zero attached hydrogens (tertiary/aromatic N) is 4. The Kier molecular flexibility index (Phi) is 5.60. The highest BCUT2D eigenvalue weighted by Crippen LogP contribution is 2.41. The minimum Gasteiger partial charge on any atom is -0.310 e. The Hall–Kier alpha value is -2.43. The molecule has 2 heterocycles. The maximum atomic E-state index is 13.2. The van der Waals surface area contributed by atoms with Gasteiger partial charge in [-0.15, -0.1) is 11.3 Å². The van der Waals surface area contributed by atoms with Gasteiger partial charge >= 0.3 is 0 Å². The largest absolute Gasteiger partial charge is 0.310 e. The van der Waals surface area contributed by atoms with E-state index in [9.17, 15) is 4.79 Å². The van der Waals surface area contributed by atoms with Crippen molar-refractivity contribution in [3.63, 3.8) is 0 Å². The average Bonchev–Trinajstić information content (AvgIpc) is 3.30. The SMILES string of the molecule is CC(Sc1ncnc2sc3c(c12)CCC3)C(=O)N(CCC#N)c1ccccc1. The van der Waals surface area contributed by atoms with E-state index >= 15 is 0 Å². The van der Waals surface area contributed by atoms with Crippen LogP contribution >= 0.6 is 23.1 Å². The summed E-state index contributed by atoms with van der Waals surface area (Å²) in [6, 6.07) is 11.7. The summed E-state index contributed by atoms with van der Waals surface area (Å²) in [5.74, 6) is -0.00918. The molecule has 5 nitrogen and oxygen atoms in total. The Morgan fingerprint density at radius 3 is 2.93 bits per heavy atom. The van der Waals surface area contributed by atoms with Gasteiger partial charge in [0.15, 0.2) is 0 Å². The third-order valence-corrected chi connectivity index (χ3v) is 7.17. The van der Waals surface area contributed by atoms with Crippen LogP contribution in [0.1, 0.15) is 30.2 Å². The molecule has 28 heavy (non-hydrogen) atoms. The predicted molar refractivity (Wildman–Crippen MR) is 114 cm³/mol. The molecule has 0 fully saturated rings. The zero-order chi connectivity index (χ0) is 19.5. The van der Waals surface area contributed by atoms with Gasteiger partial charge < -0.3 is 4.90 Å². The molecule has 1 aromatic carbocycles. The van der Waals surface area contributed by atoms with Gasteiger partial charge in [0.05, 0.1) is 17.7 Å². The molecule has 0 saturated carbocycles. The van der Waals surface area contributed by atoms with Crippen LogP contribution in [0.5, 0.6) is 0 Å². The molecule has 1 unspecified atom stereocenters. The second-order valence-corrected chi connectivity index (χ2v) is 9.12. The van der Waals surface area contributed by atoms with Crippen LogP contribution in [0.15, 0.2) is 41.7 Å². The lowest BCUT2D eigenvalue weighted by Crippen LogP contribution is -2.37. The van der Waals surface area contributed by atoms with Gasteiger partial charge in [0.2, 0.25) is 5.91 Å². The number of amides is 1. The molecule has 0 bridgehead atoms. The van der Waals surface area contributed by atoms with Crippen molar-refractivity contribution < 1.29 is 4.79 Å². The fraction of sp³-hybridized carbons (Fsp3) is 0.333. The first-order chi connectivity index (χ1) is 13.7. The Balaban J connectivity index is 1.60. The molecule has 7 heteroatoms. The number of aryl methyl sites for hydroxylation is 2. The number of thioether (sulfide) groups is 1. The standard InChI is InChI=1S/C21H20N4OS2/c1-14(21(26)25(12-6-11-22)15-7-3-2-4-8-15)27-19-18-16-9-5-10-17(16)28-20(18)24-13-23-19/h2-4,7-8,13-14H,5-6,9-10,12H2,1H3. The maximum Gasteiger partial charge on any atom is 0.240 e. The van der Waals surface area contributed by atoms with Crippen LogP contribution in [0, 0.1) is 11.3 Å². The maximum absolute atomic E-state index is 13.2. The van der Waals surface area contributed by atoms with E-state index in [2.05, 4.69) is 16.0 Å². The van der Waals surface area contributed by atoms with Crippen molar-refractivity contribution in [2.24, 2.45) is 0 Å². The third kappa shape index (κ3) is 3.62. The molecule has 3 aromatic rings. The van der Waals surface area contributed by atoms with Crippen LogP contribution in [0.2, 0.25) is 0 Å². The second kappa shape index (κ2) is 8.29. The number of thiophene rings is 1. The minimum absolute atomic E-state index is 0.00918. The molecule has 0 aliphatic heterocycles. The van der Waals surface area contributed by atoms with Gasteiger partial charge in [0.25, 0.3) is 0 Å². The molecule has 142 valence electrons. The van der Waals surface area contributed by atoms with Gasteiger partial charge in [-0.25, -0.2) is 9.97 Å². The highest BCUT2D eigenvalue weighted by atomic mass is 32.2. The summed E-state index contributed by atoms with van der Waals surface area (Å²) in [4.78, 5) is 26.3. The number of hydrogen-bond donors (Lipinski definition) is 0. The van der Waals surface area contributed by atoms with Crippen molar-refractivity contribution in [2.45, 2.75) is 42.9 Å². The number of aromatic nitrogens is 2. The molecule has 1 amide bonds. The van der Waals surface area contributed by atoms with Gasteiger partial charge in [0, 0.05) is 22.5 Å². The summed E-state index contributed by atoms with van der Waals surface area (Å²) in [6.45, 7) is 2.30. The Bertz CT molecular complexity index is 1040. The van der Waals surface area contributed by atoms with E-state index in [1.165, 1.54) is 28.6 Å². The topological polar surface area (TPSA) is 69.9 Å². The van der Waals surface area contributed by atoms with E-state index in [1.54, 1.807) is 22.6 Å². The van der Waals surface area contributed by atoms with Crippen LogP contribution < -0.4 is 4.90 Å². The number of para-hydroxylation sites is 1. The lowest BCUT2D eigenvalue weighted by molar-refractivity contribution is -0.117. The number of carbonyl (C=O) groups is 1. The summed E-state index contributed by atoms with van der Waals surface area (Å²) >= 11 is 3.24. The van der Waals surface area contributed by atoms with Crippen LogP contribution in [0.4, 0.5) is 5.69 Å². The van der Waals surface area contributed by atoms with E-state index in [0.717, 1.165) is 33.8 Å². The van der Waals surface area contributed by atoms with Gasteiger partial charge in [-0.3, -0.25) is 4.79 Å². The number of anilines is 1. The van der Waals surface area contributed by atoms with E-state index < -0.39 is 0 Å². The third-order valence-electron chi connectivity index (χ3n) is 4.88. The van der Waals surface area contributed by atoms with Crippen molar-refractivity contribution in [2.75, 3.05) is 11.4 Å². The lowest BCUT2D eigenvalue weighted by atomic mass is 10.2. The Morgan fingerprint density at radius 2 is 2.14 bits per heavy atom. The predicted octanol–water partition coefficient (Wildman–Crippen LogP) is 4.61. The molecular weight excluding hydrogens is 388 g/mol. The zero-order valence-corrected chi connectivity index (χ0v) is 17.2. The highest BCUT2D eigenvalue weighted by molar-refractivity contribution is 8.00. The number of nitriles is 1. The van der Waals surface area contributed by atoms with E-state index in [4.69, 9.17) is 5.26 Å². The molecule has 0 radical (unpaired) electrons. The summed E-state index contributed by atoms with van der Waals surface area (Å²) in [5.41, 5.74) is 2.19. The first-order valence-corrected chi connectivity index (χ1v) is 11.0. The minimum atomic E-state index is -0.311. The lowest BCUT2D eigenvalue weighted by Gasteiger charge is -2.25. The number of rotatable bonds is 6. The molecule has 1 aliphatic rings. The van der Waals surface area contributed by atoms with E-state index in [1.807, 2.05) is 37.3 Å². The first-order valence-electron chi connectivity index (χ1n) is 9.34. The Morgan fingerprint density at radius 1 is 1.32 bits per heavy atom. The van der Waals surface area contributed by atoms with Crippen LogP contribution in [-0.2, 0) is 17.6 Å². The molecule has 0 saturated heterocycles. The summed E-state index contributed by atoms with van der Waals surface area (Å²) < 4.78 is 0. The van der Waals surface area contributed by atoms with Crippen molar-refractivity contribution in [1.82, 2.24) is 9.97 Å². The van der Waals surface area contributed by atoms with Gasteiger partial charge in [-0.1, -0.05) is 30.0 Å². The average molecular weight is 409 g/mol. The summed E-state index contributed by atoms with van der Waals surface area (Å²) in [7, 11) is 0. The smallest absolute Gasteiger partial charge is 0.240 e. The van der Waals surface area contributed by atoms with Crippen molar-refractivity contribution in [3.05, 3.63) is 47.1 Å².